The largest absolute Gasteiger partial charge is 0.490 e. The summed E-state index contributed by atoms with van der Waals surface area (Å²) in [6.07, 6.45) is 3.97. The van der Waals surface area contributed by atoms with Gasteiger partial charge in [0.1, 0.15) is 17.9 Å². The molecule has 1 fully saturated rings. The molecule has 0 aliphatic carbocycles. The topological polar surface area (TPSA) is 81.1 Å². The maximum atomic E-state index is 14.4. The minimum Gasteiger partial charge on any atom is -0.490 e. The van der Waals surface area contributed by atoms with Crippen molar-refractivity contribution < 1.29 is 19.2 Å². The molecule has 7 nitrogen and oxygen atoms in total. The first kappa shape index (κ1) is 34.5. The summed E-state index contributed by atoms with van der Waals surface area (Å²) >= 11 is 1.09. The van der Waals surface area contributed by atoms with Gasteiger partial charge in [-0.05, 0) is 76.6 Å². The Kier molecular flexibility index (Phi) is 10.5. The number of nitrogens with zero attached hydrogens (tertiary/aromatic N) is 3. The third-order valence-electron chi connectivity index (χ3n) is 9.14. The summed E-state index contributed by atoms with van der Waals surface area (Å²) in [7, 11) is 0. The Bertz CT molecular complexity index is 2030. The first-order chi connectivity index (χ1) is 25.5. The lowest BCUT2D eigenvalue weighted by Crippen LogP contribution is -2.51. The van der Waals surface area contributed by atoms with Crippen LogP contribution in [0.1, 0.15) is 34.7 Å². The van der Waals surface area contributed by atoms with Crippen LogP contribution in [0.25, 0.3) is 11.1 Å². The number of pyridine rings is 1. The van der Waals surface area contributed by atoms with Crippen LogP contribution in [-0.4, -0.2) is 45.2 Å². The molecule has 52 heavy (non-hydrogen) atoms. The second-order valence-corrected chi connectivity index (χ2v) is 13.5. The molecule has 0 bridgehead atoms. The van der Waals surface area contributed by atoms with Crippen LogP contribution < -0.4 is 4.74 Å². The third kappa shape index (κ3) is 7.24. The number of amides is 2. The summed E-state index contributed by atoms with van der Waals surface area (Å²) in [5.74, 6) is 0.462. The quantitative estimate of drug-likeness (QED) is 0.0517. The van der Waals surface area contributed by atoms with E-state index in [1.165, 1.54) is 4.90 Å². The normalized spacial score (nSPS) is 14.8. The molecule has 2 heterocycles. The number of oxime groups is 1. The Morgan fingerprint density at radius 3 is 1.79 bits per heavy atom. The van der Waals surface area contributed by atoms with E-state index in [0.29, 0.717) is 18.8 Å². The highest BCUT2D eigenvalue weighted by molar-refractivity contribution is 8.15. The van der Waals surface area contributed by atoms with Gasteiger partial charge in [0, 0.05) is 12.4 Å². The zero-order chi connectivity index (χ0) is 35.8. The molecule has 8 heteroatoms. The smallest absolute Gasteiger partial charge is 0.290 e. The molecule has 1 unspecified atom stereocenters. The van der Waals surface area contributed by atoms with E-state index in [2.05, 4.69) is 22.3 Å². The summed E-state index contributed by atoms with van der Waals surface area (Å²) in [5, 5.41) is 3.41. The van der Waals surface area contributed by atoms with Crippen LogP contribution in [0.4, 0.5) is 4.79 Å². The number of imide groups is 1. The average molecular weight is 704 g/mol. The maximum absolute atomic E-state index is 14.4. The van der Waals surface area contributed by atoms with Gasteiger partial charge in [0.05, 0.1) is 11.0 Å². The molecule has 1 aliphatic heterocycles. The number of carbonyl (C=O) groups excluding carboxylic acids is 2. The fourth-order valence-corrected chi connectivity index (χ4v) is 7.65. The Labute approximate surface area is 307 Å². The Morgan fingerprint density at radius 1 is 0.692 bits per heavy atom. The molecule has 1 aliphatic rings. The van der Waals surface area contributed by atoms with Gasteiger partial charge in [-0.15, -0.1) is 0 Å². The van der Waals surface area contributed by atoms with E-state index in [9.17, 15) is 9.59 Å². The van der Waals surface area contributed by atoms with E-state index >= 15 is 0 Å². The van der Waals surface area contributed by atoms with Crippen molar-refractivity contribution in [1.82, 2.24) is 9.88 Å². The van der Waals surface area contributed by atoms with Crippen LogP contribution >= 0.6 is 11.8 Å². The van der Waals surface area contributed by atoms with E-state index in [1.54, 1.807) is 12.4 Å². The molecule has 0 radical (unpaired) electrons. The molecule has 0 N–H and O–H groups in total. The zero-order valence-corrected chi connectivity index (χ0v) is 29.5. The fraction of sp³-hybridized carbons (Fsp3) is 0.136. The lowest BCUT2D eigenvalue weighted by Gasteiger charge is -2.42. The number of hydrogen-bond donors (Lipinski definition) is 0. The van der Waals surface area contributed by atoms with Crippen LogP contribution in [0.5, 0.6) is 5.75 Å². The molecular weight excluding hydrogens is 667 g/mol. The summed E-state index contributed by atoms with van der Waals surface area (Å²) in [5.41, 5.74) is 6.31. The minimum atomic E-state index is -1.13. The van der Waals surface area contributed by atoms with Crippen LogP contribution in [0.2, 0.25) is 0 Å². The summed E-state index contributed by atoms with van der Waals surface area (Å²) in [6, 6.07) is 49.1. The number of benzene rings is 5. The lowest BCUT2D eigenvalue weighted by molar-refractivity contribution is -0.129. The molecule has 1 aromatic heterocycles. The maximum Gasteiger partial charge on any atom is 0.290 e. The highest BCUT2D eigenvalue weighted by atomic mass is 32.2. The molecule has 0 spiro atoms. The van der Waals surface area contributed by atoms with Crippen molar-refractivity contribution >= 4 is 28.6 Å². The monoisotopic (exact) mass is 703 g/mol. The second kappa shape index (κ2) is 15.9. The average Bonchev–Trinajstić information content (AvgIpc) is 3.48. The van der Waals surface area contributed by atoms with Crippen molar-refractivity contribution in [2.75, 3.05) is 13.2 Å². The molecule has 258 valence electrons. The summed E-state index contributed by atoms with van der Waals surface area (Å²) in [6.45, 7) is 2.51. The van der Waals surface area contributed by atoms with Gasteiger partial charge in [-0.1, -0.05) is 144 Å². The molecule has 7 rings (SSSR count). The summed E-state index contributed by atoms with van der Waals surface area (Å²) in [4.78, 5) is 39.5. The van der Waals surface area contributed by atoms with Gasteiger partial charge in [-0.25, -0.2) is 0 Å². The molecule has 0 saturated carbocycles. The van der Waals surface area contributed by atoms with Gasteiger partial charge in [-0.2, -0.15) is 0 Å². The highest BCUT2D eigenvalue weighted by Crippen LogP contribution is 2.47. The van der Waals surface area contributed by atoms with Crippen molar-refractivity contribution in [3.8, 4) is 16.9 Å². The van der Waals surface area contributed by atoms with Crippen LogP contribution in [0.3, 0.4) is 0 Å². The standard InChI is InChI=1S/C44H37N3O4S/c1-32(34-19-21-35(22-20-34)36-25-27-45-28-26-36)46-51-30-29-50-40-23-17-33(18-24-40)31-41-42(48)47(43(49)52-41)44(37-11-5-2-6-12-37,38-13-7-3-8-14-38)39-15-9-4-10-16-39/h2-28,41H,29-31H2,1H3. The summed E-state index contributed by atoms with van der Waals surface area (Å²) < 4.78 is 5.90. The predicted molar refractivity (Wildman–Crippen MR) is 206 cm³/mol. The number of ether oxygens (including phenoxy) is 1. The van der Waals surface area contributed by atoms with Crippen LogP contribution in [0.15, 0.2) is 169 Å². The van der Waals surface area contributed by atoms with Gasteiger partial charge < -0.3 is 9.57 Å². The van der Waals surface area contributed by atoms with Gasteiger partial charge in [0.15, 0.2) is 6.61 Å². The van der Waals surface area contributed by atoms with Crippen LogP contribution in [0, 0.1) is 0 Å². The van der Waals surface area contributed by atoms with Gasteiger partial charge in [0.2, 0.25) is 5.91 Å². The third-order valence-corrected chi connectivity index (χ3v) is 10.2. The molecule has 6 aromatic rings. The fourth-order valence-electron chi connectivity index (χ4n) is 6.59. The number of aromatic nitrogens is 1. The Morgan fingerprint density at radius 2 is 1.23 bits per heavy atom. The predicted octanol–water partition coefficient (Wildman–Crippen LogP) is 9.17. The number of rotatable bonds is 13. The van der Waals surface area contributed by atoms with E-state index < -0.39 is 10.8 Å². The van der Waals surface area contributed by atoms with Gasteiger partial charge >= 0.3 is 0 Å². The minimum absolute atomic E-state index is 0.218. The molecular formula is C44H37N3O4S. The Balaban J connectivity index is 0.992. The Hall–Kier alpha value is -5.99. The van der Waals surface area contributed by atoms with E-state index in [4.69, 9.17) is 9.57 Å². The SMILES string of the molecule is CC(=NOCCOc1ccc(CC2SC(=O)N(C(c3ccccc3)(c3ccccc3)c3ccccc3)C2=O)cc1)c1ccc(-c2ccncc2)cc1. The van der Waals surface area contributed by atoms with Crippen molar-refractivity contribution in [2.24, 2.45) is 5.16 Å². The van der Waals surface area contributed by atoms with E-state index in [1.807, 2.05) is 146 Å². The second-order valence-electron chi connectivity index (χ2n) is 12.4. The van der Waals surface area contributed by atoms with Crippen molar-refractivity contribution in [2.45, 2.75) is 24.1 Å². The number of thioether (sulfide) groups is 1. The molecule has 5 aromatic carbocycles. The molecule has 1 saturated heterocycles. The lowest BCUT2D eigenvalue weighted by atomic mass is 9.75. The number of carbonyl (C=O) groups is 2. The van der Waals surface area contributed by atoms with E-state index in [-0.39, 0.29) is 17.8 Å². The first-order valence-corrected chi connectivity index (χ1v) is 18.0. The van der Waals surface area contributed by atoms with Crippen LogP contribution in [-0.2, 0) is 21.6 Å². The van der Waals surface area contributed by atoms with E-state index in [0.717, 1.165) is 56.4 Å². The highest BCUT2D eigenvalue weighted by Gasteiger charge is 2.53. The first-order valence-electron chi connectivity index (χ1n) is 17.1. The zero-order valence-electron chi connectivity index (χ0n) is 28.7. The van der Waals surface area contributed by atoms with Crippen molar-refractivity contribution in [1.29, 1.82) is 0 Å². The molecule has 2 amide bonds. The van der Waals surface area contributed by atoms with Crippen molar-refractivity contribution in [3.63, 3.8) is 0 Å². The van der Waals surface area contributed by atoms with Gasteiger partial charge in [-0.3, -0.25) is 19.5 Å². The van der Waals surface area contributed by atoms with Crippen molar-refractivity contribution in [3.05, 3.63) is 192 Å². The van der Waals surface area contributed by atoms with Gasteiger partial charge in [0.25, 0.3) is 5.24 Å². The molecule has 1 atom stereocenters. The number of hydrogen-bond acceptors (Lipinski definition) is 7.